The lowest BCUT2D eigenvalue weighted by atomic mass is 10.1. The van der Waals surface area contributed by atoms with E-state index in [4.69, 9.17) is 27.9 Å². The number of amides is 2. The van der Waals surface area contributed by atoms with Crippen molar-refractivity contribution in [1.29, 1.82) is 0 Å². The molecule has 8 nitrogen and oxygen atoms in total. The number of sulfonamides is 1. The van der Waals surface area contributed by atoms with Crippen molar-refractivity contribution in [3.63, 3.8) is 0 Å². The highest BCUT2D eigenvalue weighted by molar-refractivity contribution is 7.92. The number of hydrogen-bond acceptors (Lipinski definition) is 5. The van der Waals surface area contributed by atoms with Crippen molar-refractivity contribution in [2.75, 3.05) is 18.0 Å². The van der Waals surface area contributed by atoms with Gasteiger partial charge in [-0.1, -0.05) is 36.2 Å². The molecule has 0 aliphatic rings. The van der Waals surface area contributed by atoms with E-state index in [9.17, 15) is 22.4 Å². The van der Waals surface area contributed by atoms with Crippen LogP contribution in [0.3, 0.4) is 0 Å². The van der Waals surface area contributed by atoms with Crippen LogP contribution in [0.2, 0.25) is 10.0 Å². The Morgan fingerprint density at radius 2 is 1.56 bits per heavy atom. The van der Waals surface area contributed by atoms with E-state index in [2.05, 4.69) is 5.32 Å². The quantitative estimate of drug-likeness (QED) is 0.280. The van der Waals surface area contributed by atoms with Crippen LogP contribution in [0.5, 0.6) is 5.75 Å². The molecule has 2 atom stereocenters. The highest BCUT2D eigenvalue weighted by Gasteiger charge is 2.33. The fraction of sp³-hybridized carbons (Fsp3) is 0.310. The number of anilines is 1. The number of rotatable bonds is 12. The maximum atomic E-state index is 14.0. The minimum absolute atomic E-state index is 0.0583. The van der Waals surface area contributed by atoms with Gasteiger partial charge in [0.25, 0.3) is 10.0 Å². The van der Waals surface area contributed by atoms with Crippen LogP contribution in [-0.4, -0.2) is 50.9 Å². The van der Waals surface area contributed by atoms with Gasteiger partial charge in [0.1, 0.15) is 24.2 Å². The molecule has 0 aliphatic heterocycles. The van der Waals surface area contributed by atoms with Gasteiger partial charge in [-0.3, -0.25) is 13.9 Å². The summed E-state index contributed by atoms with van der Waals surface area (Å²) >= 11 is 12.8. The Morgan fingerprint density at radius 3 is 2.10 bits per heavy atom. The molecular weight excluding hydrogens is 592 g/mol. The first-order valence-corrected chi connectivity index (χ1v) is 15.0. The first-order valence-electron chi connectivity index (χ1n) is 12.8. The summed E-state index contributed by atoms with van der Waals surface area (Å²) in [6, 6.07) is 14.1. The van der Waals surface area contributed by atoms with Crippen LogP contribution in [0.4, 0.5) is 10.1 Å². The molecule has 0 aliphatic carbocycles. The minimum atomic E-state index is -4.32. The number of carbonyl (C=O) groups excluding carboxylic acids is 2. The summed E-state index contributed by atoms with van der Waals surface area (Å²) in [7, 11) is -2.87. The molecule has 220 valence electrons. The number of ether oxygens (including phenoxy) is 1. The molecule has 3 rings (SSSR count). The monoisotopic (exact) mass is 623 g/mol. The van der Waals surface area contributed by atoms with Crippen LogP contribution in [0.25, 0.3) is 0 Å². The average Bonchev–Trinajstić information content (AvgIpc) is 2.95. The third kappa shape index (κ3) is 7.90. The lowest BCUT2D eigenvalue weighted by Crippen LogP contribution is -2.52. The van der Waals surface area contributed by atoms with E-state index >= 15 is 0 Å². The molecule has 3 aromatic carbocycles. The number of halogens is 3. The van der Waals surface area contributed by atoms with Crippen molar-refractivity contribution in [3.05, 3.63) is 88.2 Å². The molecule has 0 heterocycles. The van der Waals surface area contributed by atoms with Crippen molar-refractivity contribution < 1.29 is 27.1 Å². The maximum absolute atomic E-state index is 14.0. The number of hydrogen-bond donors (Lipinski definition) is 1. The number of nitrogens with zero attached hydrogens (tertiary/aromatic N) is 2. The summed E-state index contributed by atoms with van der Waals surface area (Å²) in [4.78, 5) is 28.2. The third-order valence-corrected chi connectivity index (χ3v) is 9.10. The SMILES string of the molecule is CC[C@H](C)NC(=O)[C@H](C)N(Cc1c(Cl)cccc1Cl)C(=O)CN(c1ccc(F)cc1)S(=O)(=O)c1ccc(OC)cc1. The van der Waals surface area contributed by atoms with Gasteiger partial charge in [0.2, 0.25) is 11.8 Å². The van der Waals surface area contributed by atoms with Gasteiger partial charge in [0.15, 0.2) is 0 Å². The maximum Gasteiger partial charge on any atom is 0.264 e. The molecule has 41 heavy (non-hydrogen) atoms. The standard InChI is InChI=1S/C29H32Cl2FN3O5S/c1-5-19(2)33-29(37)20(3)34(17-25-26(30)7-6-8-27(25)31)28(36)18-35(22-11-9-21(32)10-12-22)41(38,39)24-15-13-23(40-4)14-16-24/h6-16,19-20H,5,17-18H2,1-4H3,(H,33,37)/t19-,20-/m0/s1. The second-order valence-electron chi connectivity index (χ2n) is 9.38. The highest BCUT2D eigenvalue weighted by atomic mass is 35.5. The topological polar surface area (TPSA) is 96.0 Å². The Balaban J connectivity index is 2.06. The van der Waals surface area contributed by atoms with Crippen LogP contribution >= 0.6 is 23.2 Å². The van der Waals surface area contributed by atoms with Crippen molar-refractivity contribution in [1.82, 2.24) is 10.2 Å². The van der Waals surface area contributed by atoms with E-state index in [1.165, 1.54) is 48.4 Å². The van der Waals surface area contributed by atoms with Crippen LogP contribution in [0, 0.1) is 5.82 Å². The first kappa shape index (κ1) is 32.2. The normalized spacial score (nSPS) is 12.8. The number of benzene rings is 3. The van der Waals surface area contributed by atoms with E-state index in [-0.39, 0.29) is 33.2 Å². The Kier molecular flexibility index (Phi) is 11.0. The third-order valence-electron chi connectivity index (χ3n) is 6.60. The summed E-state index contributed by atoms with van der Waals surface area (Å²) in [6.07, 6.45) is 0.668. The summed E-state index contributed by atoms with van der Waals surface area (Å²) in [5, 5.41) is 3.42. The van der Waals surface area contributed by atoms with E-state index in [0.717, 1.165) is 16.4 Å². The highest BCUT2D eigenvalue weighted by Crippen LogP contribution is 2.29. The van der Waals surface area contributed by atoms with Gasteiger partial charge in [0, 0.05) is 28.2 Å². The summed E-state index contributed by atoms with van der Waals surface area (Å²) < 4.78 is 47.4. The summed E-state index contributed by atoms with van der Waals surface area (Å²) in [5.41, 5.74) is 0.460. The molecule has 0 unspecified atom stereocenters. The molecule has 0 saturated carbocycles. The van der Waals surface area contributed by atoms with Crippen molar-refractivity contribution in [2.45, 2.75) is 50.7 Å². The van der Waals surface area contributed by atoms with Gasteiger partial charge in [-0.15, -0.1) is 0 Å². The van der Waals surface area contributed by atoms with Crippen molar-refractivity contribution >= 4 is 50.7 Å². The van der Waals surface area contributed by atoms with E-state index in [0.29, 0.717) is 17.7 Å². The predicted octanol–water partition coefficient (Wildman–Crippen LogP) is 5.67. The molecule has 0 spiro atoms. The molecule has 3 aromatic rings. The lowest BCUT2D eigenvalue weighted by molar-refractivity contribution is -0.139. The van der Waals surface area contributed by atoms with Gasteiger partial charge in [-0.25, -0.2) is 12.8 Å². The minimum Gasteiger partial charge on any atom is -0.497 e. The number of methoxy groups -OCH3 is 1. The average molecular weight is 625 g/mol. The van der Waals surface area contributed by atoms with Gasteiger partial charge < -0.3 is 15.0 Å². The Bertz CT molecular complexity index is 1450. The van der Waals surface area contributed by atoms with Crippen LogP contribution < -0.4 is 14.4 Å². The number of carbonyl (C=O) groups is 2. The fourth-order valence-electron chi connectivity index (χ4n) is 3.91. The Morgan fingerprint density at radius 1 is 0.976 bits per heavy atom. The largest absolute Gasteiger partial charge is 0.497 e. The molecule has 0 saturated heterocycles. The Hall–Kier alpha value is -3.34. The van der Waals surface area contributed by atoms with Crippen molar-refractivity contribution in [3.8, 4) is 5.75 Å². The zero-order valence-electron chi connectivity index (χ0n) is 23.1. The number of nitrogens with one attached hydrogen (secondary N) is 1. The van der Waals surface area contributed by atoms with Gasteiger partial charge in [-0.05, 0) is 80.9 Å². The second kappa shape index (κ2) is 14.0. The van der Waals surface area contributed by atoms with Crippen LogP contribution in [0.1, 0.15) is 32.8 Å². The van der Waals surface area contributed by atoms with Crippen LogP contribution in [-0.2, 0) is 26.2 Å². The molecular formula is C29H32Cl2FN3O5S. The van der Waals surface area contributed by atoms with Gasteiger partial charge in [0.05, 0.1) is 17.7 Å². The zero-order chi connectivity index (χ0) is 30.3. The van der Waals surface area contributed by atoms with E-state index in [1.54, 1.807) is 25.1 Å². The molecule has 2 amide bonds. The van der Waals surface area contributed by atoms with E-state index in [1.807, 2.05) is 13.8 Å². The van der Waals surface area contributed by atoms with Crippen molar-refractivity contribution in [2.24, 2.45) is 0 Å². The van der Waals surface area contributed by atoms with Gasteiger partial charge >= 0.3 is 0 Å². The fourth-order valence-corrected chi connectivity index (χ4v) is 5.84. The summed E-state index contributed by atoms with van der Waals surface area (Å²) in [5.74, 6) is -1.26. The molecule has 0 radical (unpaired) electrons. The molecule has 0 bridgehead atoms. The smallest absolute Gasteiger partial charge is 0.264 e. The summed E-state index contributed by atoms with van der Waals surface area (Å²) in [6.45, 7) is 4.43. The zero-order valence-corrected chi connectivity index (χ0v) is 25.4. The first-order chi connectivity index (χ1) is 19.4. The van der Waals surface area contributed by atoms with E-state index < -0.39 is 40.2 Å². The lowest BCUT2D eigenvalue weighted by Gasteiger charge is -2.32. The molecule has 0 fully saturated rings. The Labute approximate surface area is 250 Å². The predicted molar refractivity (Wildman–Crippen MR) is 158 cm³/mol. The van der Waals surface area contributed by atoms with Crippen LogP contribution in [0.15, 0.2) is 71.6 Å². The second-order valence-corrected chi connectivity index (χ2v) is 12.1. The molecule has 12 heteroatoms. The van der Waals surface area contributed by atoms with Gasteiger partial charge in [-0.2, -0.15) is 0 Å². The molecule has 0 aromatic heterocycles. The molecule has 1 N–H and O–H groups in total.